The average molecular weight is 667 g/mol. The zero-order valence-corrected chi connectivity index (χ0v) is 30.8. The van der Waals surface area contributed by atoms with Crippen LogP contribution in [0, 0.1) is 0 Å². The Kier molecular flexibility index (Phi) is 36.9. The van der Waals surface area contributed by atoms with Crippen molar-refractivity contribution >= 4 is 11.9 Å². The Labute approximate surface area is 300 Å². The molecule has 0 aliphatic heterocycles. The van der Waals surface area contributed by atoms with E-state index in [2.05, 4.69) is 160 Å². The molecule has 0 N–H and O–H groups in total. The first kappa shape index (κ1) is 45.0. The first-order valence-electron chi connectivity index (χ1n) is 18.7. The molecule has 0 aliphatic rings. The number of unbranched alkanes of at least 4 members (excludes halogenated alkanes) is 2. The molecule has 0 amide bonds. The lowest BCUT2D eigenvalue weighted by Gasteiger charge is -2.01. The van der Waals surface area contributed by atoms with Crippen molar-refractivity contribution in [3.05, 3.63) is 146 Å². The van der Waals surface area contributed by atoms with Gasteiger partial charge in [0.25, 0.3) is 0 Å². The largest absolute Gasteiger partial charge is 0.393 e. The van der Waals surface area contributed by atoms with Gasteiger partial charge in [-0.05, 0) is 103 Å². The maximum Gasteiger partial charge on any atom is 0.313 e. The summed E-state index contributed by atoms with van der Waals surface area (Å²) in [6.07, 6.45) is 67.6. The topological polar surface area (TPSA) is 43.4 Å². The fraction of sp³-hybridized carbons (Fsp3) is 0.435. The van der Waals surface area contributed by atoms with Crippen molar-refractivity contribution in [2.75, 3.05) is 0 Å². The van der Waals surface area contributed by atoms with E-state index in [-0.39, 0.29) is 12.8 Å². The van der Waals surface area contributed by atoms with Crippen LogP contribution in [0.2, 0.25) is 0 Å². The number of rotatable bonds is 30. The molecular weight excluding hydrogens is 601 g/mol. The van der Waals surface area contributed by atoms with E-state index in [1.54, 1.807) is 0 Å². The van der Waals surface area contributed by atoms with E-state index in [0.717, 1.165) is 89.9 Å². The van der Waals surface area contributed by atoms with E-state index < -0.39 is 11.9 Å². The third-order valence-electron chi connectivity index (χ3n) is 6.92. The van der Waals surface area contributed by atoms with Gasteiger partial charge in [0.05, 0.1) is 0 Å². The van der Waals surface area contributed by atoms with Crippen LogP contribution in [0.25, 0.3) is 0 Å². The molecule has 0 spiro atoms. The van der Waals surface area contributed by atoms with Gasteiger partial charge in [-0.1, -0.05) is 160 Å². The van der Waals surface area contributed by atoms with Crippen LogP contribution in [-0.4, -0.2) is 11.9 Å². The standard InChI is InChI=1S/C46H66O3/c1-3-5-7-9-11-13-15-17-19-21-23-25-27-29-31-33-35-37-39-41-43-45(47)49-46(48)44-42-40-38-36-34-32-30-28-26-24-22-20-18-16-14-12-10-8-6-4-2/h5-8,11-14,17-20,23-26,29-32,35-38H,3-4,9-10,15-16,21-22,27-28,33-34,39-44H2,1-2H3. The minimum Gasteiger partial charge on any atom is -0.393 e. The van der Waals surface area contributed by atoms with Crippen LogP contribution in [0.5, 0.6) is 0 Å². The summed E-state index contributed by atoms with van der Waals surface area (Å²) in [4.78, 5) is 23.9. The Morgan fingerprint density at radius 2 is 0.531 bits per heavy atom. The van der Waals surface area contributed by atoms with Crippen molar-refractivity contribution in [1.29, 1.82) is 0 Å². The number of allylic oxidation sites excluding steroid dienone is 24. The second kappa shape index (κ2) is 40.2. The molecule has 0 aliphatic carbocycles. The van der Waals surface area contributed by atoms with Crippen molar-refractivity contribution in [2.24, 2.45) is 0 Å². The molecule has 0 aromatic heterocycles. The molecule has 0 fully saturated rings. The van der Waals surface area contributed by atoms with Crippen LogP contribution >= 0.6 is 0 Å². The summed E-state index contributed by atoms with van der Waals surface area (Å²) in [6, 6.07) is 0. The summed E-state index contributed by atoms with van der Waals surface area (Å²) >= 11 is 0. The van der Waals surface area contributed by atoms with Gasteiger partial charge in [0.2, 0.25) is 0 Å². The van der Waals surface area contributed by atoms with Crippen LogP contribution in [0.3, 0.4) is 0 Å². The molecule has 0 atom stereocenters. The molecule has 0 saturated carbocycles. The number of carbonyl (C=O) groups is 2. The zero-order chi connectivity index (χ0) is 35.6. The number of esters is 2. The van der Waals surface area contributed by atoms with Gasteiger partial charge < -0.3 is 4.74 Å². The van der Waals surface area contributed by atoms with Crippen molar-refractivity contribution in [1.82, 2.24) is 0 Å². The smallest absolute Gasteiger partial charge is 0.313 e. The lowest BCUT2D eigenvalue weighted by atomic mass is 10.2. The van der Waals surface area contributed by atoms with Gasteiger partial charge in [0, 0.05) is 12.8 Å². The van der Waals surface area contributed by atoms with Crippen molar-refractivity contribution in [2.45, 2.75) is 129 Å². The molecular formula is C46H66O3. The highest BCUT2D eigenvalue weighted by molar-refractivity contribution is 5.85. The maximum absolute atomic E-state index is 11.9. The Morgan fingerprint density at radius 3 is 0.755 bits per heavy atom. The van der Waals surface area contributed by atoms with Crippen LogP contribution in [0.15, 0.2) is 146 Å². The Balaban J connectivity index is 3.69. The number of hydrogen-bond acceptors (Lipinski definition) is 3. The first-order valence-corrected chi connectivity index (χ1v) is 18.7. The Hall–Kier alpha value is -3.98. The van der Waals surface area contributed by atoms with Gasteiger partial charge >= 0.3 is 11.9 Å². The lowest BCUT2D eigenvalue weighted by Crippen LogP contribution is -2.11. The van der Waals surface area contributed by atoms with Crippen molar-refractivity contribution < 1.29 is 14.3 Å². The predicted octanol–water partition coefficient (Wildman–Crippen LogP) is 13.8. The molecule has 0 radical (unpaired) electrons. The number of carbonyl (C=O) groups excluding carboxylic acids is 2. The van der Waals surface area contributed by atoms with Crippen LogP contribution in [-0.2, 0) is 14.3 Å². The minimum atomic E-state index is -0.426. The van der Waals surface area contributed by atoms with Gasteiger partial charge in [0.15, 0.2) is 0 Å². The molecule has 3 heteroatoms. The first-order chi connectivity index (χ1) is 24.2. The van der Waals surface area contributed by atoms with Crippen LogP contribution in [0.4, 0.5) is 0 Å². The zero-order valence-electron chi connectivity index (χ0n) is 30.8. The average Bonchev–Trinajstić information content (AvgIpc) is 3.10. The molecule has 49 heavy (non-hydrogen) atoms. The summed E-state index contributed by atoms with van der Waals surface area (Å²) in [6.45, 7) is 4.30. The molecule has 3 nitrogen and oxygen atoms in total. The molecule has 0 aromatic carbocycles. The van der Waals surface area contributed by atoms with Gasteiger partial charge in [-0.2, -0.15) is 0 Å². The van der Waals surface area contributed by atoms with Crippen LogP contribution < -0.4 is 0 Å². The minimum absolute atomic E-state index is 0.269. The van der Waals surface area contributed by atoms with Gasteiger partial charge in [-0.25, -0.2) is 0 Å². The van der Waals surface area contributed by atoms with E-state index in [9.17, 15) is 9.59 Å². The Morgan fingerprint density at radius 1 is 0.327 bits per heavy atom. The van der Waals surface area contributed by atoms with E-state index in [0.29, 0.717) is 12.8 Å². The highest BCUT2D eigenvalue weighted by Gasteiger charge is 2.09. The van der Waals surface area contributed by atoms with E-state index >= 15 is 0 Å². The van der Waals surface area contributed by atoms with Crippen molar-refractivity contribution in [3.63, 3.8) is 0 Å². The van der Waals surface area contributed by atoms with Gasteiger partial charge in [-0.15, -0.1) is 0 Å². The summed E-state index contributed by atoms with van der Waals surface area (Å²) in [5, 5.41) is 0. The van der Waals surface area contributed by atoms with E-state index in [1.165, 1.54) is 0 Å². The predicted molar refractivity (Wildman–Crippen MR) is 215 cm³/mol. The van der Waals surface area contributed by atoms with E-state index in [4.69, 9.17) is 4.74 Å². The molecule has 0 rings (SSSR count). The monoisotopic (exact) mass is 667 g/mol. The Bertz CT molecular complexity index is 1050. The summed E-state index contributed by atoms with van der Waals surface area (Å²) < 4.78 is 4.95. The molecule has 0 bridgehead atoms. The molecule has 0 heterocycles. The molecule has 268 valence electrons. The van der Waals surface area contributed by atoms with Gasteiger partial charge in [-0.3, -0.25) is 9.59 Å². The molecule has 0 aromatic rings. The summed E-state index contributed by atoms with van der Waals surface area (Å²) in [5.41, 5.74) is 0. The molecule has 0 unspecified atom stereocenters. The SMILES string of the molecule is CCC=CCC=CCC=CCC=CCC=CCC=CCCCC(=O)OC(=O)CCCC=CCC=CCC=CCC=CCC=CCC=CCC. The second-order valence-electron chi connectivity index (χ2n) is 11.5. The quantitative estimate of drug-likeness (QED) is 0.0332. The van der Waals surface area contributed by atoms with Gasteiger partial charge in [0.1, 0.15) is 0 Å². The van der Waals surface area contributed by atoms with E-state index in [1.807, 2.05) is 0 Å². The normalized spacial score (nSPS) is 13.3. The number of ether oxygens (including phenoxy) is 1. The maximum atomic E-state index is 11.9. The number of hydrogen-bond donors (Lipinski definition) is 0. The lowest BCUT2D eigenvalue weighted by molar-refractivity contribution is -0.159. The highest BCUT2D eigenvalue weighted by atomic mass is 16.6. The second-order valence-corrected chi connectivity index (χ2v) is 11.5. The third-order valence-corrected chi connectivity index (χ3v) is 6.92. The van der Waals surface area contributed by atoms with Crippen LogP contribution in [0.1, 0.15) is 129 Å². The summed E-state index contributed by atoms with van der Waals surface area (Å²) in [5.74, 6) is -0.852. The summed E-state index contributed by atoms with van der Waals surface area (Å²) in [7, 11) is 0. The highest BCUT2D eigenvalue weighted by Crippen LogP contribution is 2.05. The van der Waals surface area contributed by atoms with Crippen molar-refractivity contribution in [3.8, 4) is 0 Å². The third kappa shape index (κ3) is 40.1. The fourth-order valence-corrected chi connectivity index (χ4v) is 4.24. The fourth-order valence-electron chi connectivity index (χ4n) is 4.24. The molecule has 0 saturated heterocycles.